The van der Waals surface area contributed by atoms with Gasteiger partial charge in [-0.25, -0.2) is 9.48 Å². The predicted molar refractivity (Wildman–Crippen MR) is 124 cm³/mol. The van der Waals surface area contributed by atoms with Crippen molar-refractivity contribution in [2.24, 2.45) is 0 Å². The van der Waals surface area contributed by atoms with Crippen molar-refractivity contribution >= 4 is 36.2 Å². The highest BCUT2D eigenvalue weighted by molar-refractivity contribution is 6.33. The molecule has 0 saturated carbocycles. The van der Waals surface area contributed by atoms with E-state index in [2.05, 4.69) is 11.7 Å². The van der Waals surface area contributed by atoms with E-state index >= 15 is 0 Å². The number of H-pyrrole nitrogens is 1. The van der Waals surface area contributed by atoms with Crippen LogP contribution in [0.25, 0.3) is 29.7 Å². The number of halogens is 1. The van der Waals surface area contributed by atoms with Crippen LogP contribution in [-0.2, 0) is 4.74 Å². The van der Waals surface area contributed by atoms with Crippen LogP contribution < -0.4 is 21.2 Å². The van der Waals surface area contributed by atoms with Crippen molar-refractivity contribution in [3.05, 3.63) is 97.4 Å². The van der Waals surface area contributed by atoms with Gasteiger partial charge in [-0.2, -0.15) is 0 Å². The average Bonchev–Trinajstić information content (AvgIpc) is 3.39. The van der Waals surface area contributed by atoms with Gasteiger partial charge in [-0.15, -0.1) is 0 Å². The molecular formula is C25H18ClN2O6-. The summed E-state index contributed by atoms with van der Waals surface area (Å²) in [6, 6.07) is 14.3. The summed E-state index contributed by atoms with van der Waals surface area (Å²) < 4.78 is 12.0. The van der Waals surface area contributed by atoms with Crippen LogP contribution in [0.3, 0.4) is 0 Å². The second-order valence-corrected chi connectivity index (χ2v) is 7.65. The molecule has 2 heterocycles. The number of carboxylic acid groups (broad SMARTS) is 1. The summed E-state index contributed by atoms with van der Waals surface area (Å²) in [6.07, 6.45) is 1.55. The predicted octanol–water partition coefficient (Wildman–Crippen LogP) is 1.86. The van der Waals surface area contributed by atoms with Crippen molar-refractivity contribution in [3.8, 4) is 17.0 Å². The SMILES string of the molecule is C=c1[nH]n(-c2ccc(C(=O)[O-])c(Cl)c2)c(=O)/c1=C/c1ccc(-c2ccc(C(=O)OCC)cc2)o1. The van der Waals surface area contributed by atoms with E-state index in [-0.39, 0.29) is 15.8 Å². The molecule has 0 spiro atoms. The number of nitrogens with zero attached hydrogens (tertiary/aromatic N) is 1. The fraction of sp³-hybridized carbons (Fsp3) is 0.0800. The smallest absolute Gasteiger partial charge is 0.338 e. The van der Waals surface area contributed by atoms with Crippen LogP contribution in [0.5, 0.6) is 0 Å². The molecule has 172 valence electrons. The molecular weight excluding hydrogens is 460 g/mol. The molecule has 0 radical (unpaired) electrons. The number of aromatic amines is 1. The lowest BCUT2D eigenvalue weighted by Gasteiger charge is -2.07. The summed E-state index contributed by atoms with van der Waals surface area (Å²) in [7, 11) is 0. The third kappa shape index (κ3) is 4.44. The maximum Gasteiger partial charge on any atom is 0.338 e. The molecule has 2 aromatic heterocycles. The number of hydrogen-bond acceptors (Lipinski definition) is 6. The van der Waals surface area contributed by atoms with E-state index in [0.717, 1.165) is 5.56 Å². The van der Waals surface area contributed by atoms with Gasteiger partial charge in [0.25, 0.3) is 5.56 Å². The normalized spacial score (nSPS) is 11.5. The number of carbonyl (C=O) groups excluding carboxylic acids is 2. The molecule has 0 atom stereocenters. The molecule has 4 aromatic rings. The lowest BCUT2D eigenvalue weighted by Crippen LogP contribution is -2.33. The third-order valence-electron chi connectivity index (χ3n) is 5.03. The van der Waals surface area contributed by atoms with Gasteiger partial charge in [0.1, 0.15) is 11.5 Å². The van der Waals surface area contributed by atoms with Gasteiger partial charge in [0.05, 0.1) is 39.4 Å². The highest BCUT2D eigenvalue weighted by Crippen LogP contribution is 2.23. The third-order valence-corrected chi connectivity index (χ3v) is 5.34. The number of aromatic carboxylic acids is 1. The molecule has 0 amide bonds. The molecule has 34 heavy (non-hydrogen) atoms. The zero-order chi connectivity index (χ0) is 24.4. The van der Waals surface area contributed by atoms with E-state index in [1.165, 1.54) is 22.9 Å². The Morgan fingerprint density at radius 3 is 2.56 bits per heavy atom. The second-order valence-electron chi connectivity index (χ2n) is 7.24. The second kappa shape index (κ2) is 9.29. The van der Waals surface area contributed by atoms with E-state index in [9.17, 15) is 19.5 Å². The van der Waals surface area contributed by atoms with Crippen LogP contribution in [0.1, 0.15) is 33.4 Å². The number of nitrogens with one attached hydrogen (secondary N) is 1. The van der Waals surface area contributed by atoms with Gasteiger partial charge in [-0.1, -0.05) is 30.3 Å². The molecule has 0 bridgehead atoms. The van der Waals surface area contributed by atoms with E-state index in [4.69, 9.17) is 20.8 Å². The maximum absolute atomic E-state index is 13.0. The van der Waals surface area contributed by atoms with E-state index in [1.54, 1.807) is 49.4 Å². The Kier molecular flexibility index (Phi) is 6.25. The average molecular weight is 478 g/mol. The summed E-state index contributed by atoms with van der Waals surface area (Å²) in [4.78, 5) is 35.8. The largest absolute Gasteiger partial charge is 0.545 e. The molecule has 2 aromatic carbocycles. The van der Waals surface area contributed by atoms with Gasteiger partial charge in [0.2, 0.25) is 0 Å². The molecule has 8 nitrogen and oxygen atoms in total. The van der Waals surface area contributed by atoms with Crippen LogP contribution in [0.15, 0.2) is 63.8 Å². The standard InChI is InChI=1S/C25H19ClN2O6/c1-3-33-25(32)16-6-4-15(5-7-16)22-11-9-18(34-22)13-20-14(2)27-28(23(20)29)17-8-10-19(24(30)31)21(26)12-17/h4-13,27H,2-3H2,1H3,(H,30,31)/p-1/b20-13+. The number of carbonyl (C=O) groups is 2. The number of hydrogen-bond donors (Lipinski definition) is 1. The highest BCUT2D eigenvalue weighted by atomic mass is 35.5. The van der Waals surface area contributed by atoms with Crippen molar-refractivity contribution < 1.29 is 23.8 Å². The number of carboxylic acids is 1. The fourth-order valence-corrected chi connectivity index (χ4v) is 3.60. The van der Waals surface area contributed by atoms with Gasteiger partial charge in [-0.3, -0.25) is 9.89 Å². The molecule has 0 saturated heterocycles. The van der Waals surface area contributed by atoms with Crippen LogP contribution >= 0.6 is 11.6 Å². The molecule has 0 aliphatic carbocycles. The number of esters is 1. The molecule has 0 unspecified atom stereocenters. The Morgan fingerprint density at radius 1 is 1.18 bits per heavy atom. The van der Waals surface area contributed by atoms with Gasteiger partial charge < -0.3 is 19.1 Å². The summed E-state index contributed by atoms with van der Waals surface area (Å²) in [5, 5.41) is 14.4. The van der Waals surface area contributed by atoms with Gasteiger partial charge >= 0.3 is 5.97 Å². The number of aromatic nitrogens is 2. The van der Waals surface area contributed by atoms with Crippen molar-refractivity contribution in [1.29, 1.82) is 0 Å². The summed E-state index contributed by atoms with van der Waals surface area (Å²) in [5.41, 5.74) is 0.929. The van der Waals surface area contributed by atoms with Crippen molar-refractivity contribution in [2.45, 2.75) is 6.92 Å². The minimum absolute atomic E-state index is 0.0557. The monoisotopic (exact) mass is 477 g/mol. The number of furan rings is 1. The Hall–Kier alpha value is -4.30. The highest BCUT2D eigenvalue weighted by Gasteiger charge is 2.11. The molecule has 0 fully saturated rings. The Balaban J connectivity index is 1.65. The Labute approximate surface area is 198 Å². The Bertz CT molecular complexity index is 1560. The summed E-state index contributed by atoms with van der Waals surface area (Å²) in [5.74, 6) is -0.841. The Morgan fingerprint density at radius 2 is 1.91 bits per heavy atom. The van der Waals surface area contributed by atoms with Crippen molar-refractivity contribution in [3.63, 3.8) is 0 Å². The van der Waals surface area contributed by atoms with Crippen molar-refractivity contribution in [2.75, 3.05) is 6.61 Å². The first-order chi connectivity index (χ1) is 16.3. The molecule has 1 N–H and O–H groups in total. The molecule has 9 heteroatoms. The van der Waals surface area contributed by atoms with Crippen LogP contribution in [0.4, 0.5) is 0 Å². The minimum Gasteiger partial charge on any atom is -0.545 e. The minimum atomic E-state index is -1.41. The zero-order valence-corrected chi connectivity index (χ0v) is 18.7. The lowest BCUT2D eigenvalue weighted by atomic mass is 10.1. The fourth-order valence-electron chi connectivity index (χ4n) is 3.35. The molecule has 0 aliphatic heterocycles. The van der Waals surface area contributed by atoms with E-state index in [1.807, 2.05) is 0 Å². The lowest BCUT2D eigenvalue weighted by molar-refractivity contribution is -0.255. The first kappa shape index (κ1) is 22.9. The number of rotatable bonds is 6. The maximum atomic E-state index is 13.0. The topological polar surface area (TPSA) is 117 Å². The van der Waals surface area contributed by atoms with Gasteiger partial charge in [0.15, 0.2) is 0 Å². The van der Waals surface area contributed by atoms with Crippen molar-refractivity contribution in [1.82, 2.24) is 9.78 Å². The quantitative estimate of drug-likeness (QED) is 0.423. The van der Waals surface area contributed by atoms with Crippen LogP contribution in [-0.4, -0.2) is 28.3 Å². The first-order valence-corrected chi connectivity index (χ1v) is 10.6. The van der Waals surface area contributed by atoms with Crippen LogP contribution in [0, 0.1) is 0 Å². The van der Waals surface area contributed by atoms with Crippen LogP contribution in [0.2, 0.25) is 5.02 Å². The zero-order valence-electron chi connectivity index (χ0n) is 18.0. The number of ether oxygens (including phenoxy) is 1. The van der Waals surface area contributed by atoms with Gasteiger partial charge in [-0.05, 0) is 55.5 Å². The number of benzene rings is 2. The molecule has 4 rings (SSSR count). The van der Waals surface area contributed by atoms with Gasteiger partial charge in [0, 0.05) is 11.1 Å². The summed E-state index contributed by atoms with van der Waals surface area (Å²) >= 11 is 5.99. The summed E-state index contributed by atoms with van der Waals surface area (Å²) in [6.45, 7) is 5.91. The van der Waals surface area contributed by atoms with E-state index < -0.39 is 17.5 Å². The molecule has 0 aliphatic rings. The first-order valence-electron chi connectivity index (χ1n) is 10.2. The van der Waals surface area contributed by atoms with E-state index in [0.29, 0.717) is 34.7 Å².